The minimum Gasteiger partial charge on any atom is -0.374 e. The van der Waals surface area contributed by atoms with Gasteiger partial charge in [0.15, 0.2) is 0 Å². The van der Waals surface area contributed by atoms with E-state index in [1.54, 1.807) is 0 Å². The van der Waals surface area contributed by atoms with Gasteiger partial charge in [-0.05, 0) is 32.1 Å². The molecule has 2 rings (SSSR count). The summed E-state index contributed by atoms with van der Waals surface area (Å²) < 4.78 is 5.77. The molecular weight excluding hydrogens is 232 g/mol. The molecule has 1 aliphatic heterocycles. The number of ether oxygens (including phenoxy) is 1. The van der Waals surface area contributed by atoms with Crippen LogP contribution in [-0.2, 0) is 4.74 Å². The van der Waals surface area contributed by atoms with Crippen LogP contribution in [0.5, 0.6) is 0 Å². The molecule has 0 radical (unpaired) electrons. The Morgan fingerprint density at radius 3 is 3.06 bits per heavy atom. The van der Waals surface area contributed by atoms with Gasteiger partial charge in [0.25, 0.3) is 0 Å². The van der Waals surface area contributed by atoms with Crippen LogP contribution in [0.4, 0.5) is 0 Å². The summed E-state index contributed by atoms with van der Waals surface area (Å²) >= 11 is 2.12. The van der Waals surface area contributed by atoms with Crippen molar-refractivity contribution in [1.82, 2.24) is 10.2 Å². The molecule has 0 aromatic carbocycles. The van der Waals surface area contributed by atoms with Gasteiger partial charge < -0.3 is 15.0 Å². The van der Waals surface area contributed by atoms with Crippen LogP contribution in [0.25, 0.3) is 0 Å². The molecule has 2 aliphatic rings. The van der Waals surface area contributed by atoms with Crippen molar-refractivity contribution in [3.63, 3.8) is 0 Å². The van der Waals surface area contributed by atoms with Crippen LogP contribution < -0.4 is 5.32 Å². The fourth-order valence-electron chi connectivity index (χ4n) is 2.80. The minimum absolute atomic E-state index is 0.395. The van der Waals surface area contributed by atoms with E-state index in [-0.39, 0.29) is 0 Å². The van der Waals surface area contributed by atoms with Gasteiger partial charge in [-0.15, -0.1) is 0 Å². The van der Waals surface area contributed by atoms with E-state index in [1.165, 1.54) is 25.0 Å². The van der Waals surface area contributed by atoms with Crippen LogP contribution >= 0.6 is 11.8 Å². The van der Waals surface area contributed by atoms with Gasteiger partial charge >= 0.3 is 0 Å². The van der Waals surface area contributed by atoms with Crippen LogP contribution in [0.3, 0.4) is 0 Å². The molecule has 3 atom stereocenters. The van der Waals surface area contributed by atoms with Gasteiger partial charge in [0, 0.05) is 30.9 Å². The summed E-state index contributed by atoms with van der Waals surface area (Å²) in [6, 6.07) is 0.731. The third kappa shape index (κ3) is 4.43. The first kappa shape index (κ1) is 13.7. The van der Waals surface area contributed by atoms with E-state index in [9.17, 15) is 0 Å². The Balaban J connectivity index is 1.62. The van der Waals surface area contributed by atoms with E-state index < -0.39 is 0 Å². The third-order valence-electron chi connectivity index (χ3n) is 3.76. The maximum atomic E-state index is 5.77. The molecule has 2 fully saturated rings. The number of rotatable bonds is 5. The number of hydrogen-bond acceptors (Lipinski definition) is 4. The maximum Gasteiger partial charge on any atom is 0.0826 e. The second-order valence-electron chi connectivity index (χ2n) is 5.25. The second kappa shape index (κ2) is 6.98. The number of morpholine rings is 1. The molecule has 0 aromatic rings. The highest BCUT2D eigenvalue weighted by Gasteiger charge is 2.25. The lowest BCUT2D eigenvalue weighted by Crippen LogP contribution is -2.46. The molecule has 0 spiro atoms. The van der Waals surface area contributed by atoms with Crippen molar-refractivity contribution in [2.75, 3.05) is 39.0 Å². The summed E-state index contributed by atoms with van der Waals surface area (Å²) in [4.78, 5) is 2.36. The average molecular weight is 258 g/mol. The van der Waals surface area contributed by atoms with E-state index in [4.69, 9.17) is 4.74 Å². The smallest absolute Gasteiger partial charge is 0.0826 e. The highest BCUT2D eigenvalue weighted by molar-refractivity contribution is 7.99. The molecule has 0 amide bonds. The summed E-state index contributed by atoms with van der Waals surface area (Å²) in [5.74, 6) is 1.26. The summed E-state index contributed by atoms with van der Waals surface area (Å²) in [5, 5.41) is 4.59. The number of thioether (sulfide) groups is 1. The highest BCUT2D eigenvalue weighted by Crippen LogP contribution is 2.29. The van der Waals surface area contributed by atoms with Gasteiger partial charge in [0.1, 0.15) is 0 Å². The van der Waals surface area contributed by atoms with Crippen LogP contribution in [0.2, 0.25) is 0 Å². The number of nitrogens with one attached hydrogen (secondary N) is 1. The molecule has 1 N–H and O–H groups in total. The molecule has 1 saturated carbocycles. The molecule has 0 aromatic heterocycles. The van der Waals surface area contributed by atoms with Crippen LogP contribution in [0.15, 0.2) is 0 Å². The molecule has 1 aliphatic carbocycles. The van der Waals surface area contributed by atoms with E-state index in [1.807, 2.05) is 0 Å². The Morgan fingerprint density at radius 1 is 1.41 bits per heavy atom. The zero-order valence-corrected chi connectivity index (χ0v) is 12.0. The van der Waals surface area contributed by atoms with Crippen molar-refractivity contribution >= 4 is 11.8 Å². The van der Waals surface area contributed by atoms with Gasteiger partial charge in [0.05, 0.1) is 12.7 Å². The average Bonchev–Trinajstić information content (AvgIpc) is 2.75. The second-order valence-corrected chi connectivity index (χ2v) is 6.83. The molecule has 17 heavy (non-hydrogen) atoms. The molecule has 1 saturated heterocycles. The van der Waals surface area contributed by atoms with Crippen LogP contribution in [0.1, 0.15) is 26.2 Å². The highest BCUT2D eigenvalue weighted by atomic mass is 32.2. The Morgan fingerprint density at radius 2 is 2.29 bits per heavy atom. The molecule has 100 valence electrons. The van der Waals surface area contributed by atoms with Crippen molar-refractivity contribution < 1.29 is 4.74 Å². The fraction of sp³-hybridized carbons (Fsp3) is 1.00. The Hall–Kier alpha value is 0.230. The van der Waals surface area contributed by atoms with Crippen molar-refractivity contribution in [1.29, 1.82) is 0 Å². The lowest BCUT2D eigenvalue weighted by Gasteiger charge is -2.31. The van der Waals surface area contributed by atoms with Crippen molar-refractivity contribution in [3.8, 4) is 0 Å². The van der Waals surface area contributed by atoms with Gasteiger partial charge in [-0.1, -0.05) is 6.92 Å². The Labute approximate surface area is 110 Å². The van der Waals surface area contributed by atoms with Gasteiger partial charge in [-0.25, -0.2) is 0 Å². The van der Waals surface area contributed by atoms with E-state index in [0.717, 1.165) is 37.5 Å². The third-order valence-corrected chi connectivity index (χ3v) is 5.00. The van der Waals surface area contributed by atoms with Gasteiger partial charge in [-0.2, -0.15) is 11.8 Å². The standard InChI is InChI=1S/C13H26N2OS/c1-3-17-13-5-4-11(8-13)14-9-12-10-15(2)6-7-16-12/h11-14H,3-10H2,1-2H3. The zero-order valence-electron chi connectivity index (χ0n) is 11.2. The van der Waals surface area contributed by atoms with Crippen LogP contribution in [-0.4, -0.2) is 61.3 Å². The quantitative estimate of drug-likeness (QED) is 0.809. The Kier molecular flexibility index (Phi) is 5.60. The van der Waals surface area contributed by atoms with E-state index >= 15 is 0 Å². The molecule has 0 bridgehead atoms. The molecule has 4 heteroatoms. The van der Waals surface area contributed by atoms with E-state index in [2.05, 4.69) is 35.9 Å². The lowest BCUT2D eigenvalue weighted by atomic mass is 10.2. The largest absolute Gasteiger partial charge is 0.374 e. The minimum atomic E-state index is 0.395. The first-order chi connectivity index (χ1) is 8.28. The summed E-state index contributed by atoms with van der Waals surface area (Å²) in [7, 11) is 2.18. The molecular formula is C13H26N2OS. The lowest BCUT2D eigenvalue weighted by molar-refractivity contribution is -0.0191. The molecule has 3 nitrogen and oxygen atoms in total. The number of hydrogen-bond donors (Lipinski definition) is 1. The van der Waals surface area contributed by atoms with Crippen molar-refractivity contribution in [3.05, 3.63) is 0 Å². The number of likely N-dealkylation sites (N-methyl/N-ethyl adjacent to an activating group) is 1. The van der Waals surface area contributed by atoms with E-state index in [0.29, 0.717) is 6.10 Å². The SMILES string of the molecule is CCSC1CCC(NCC2CN(C)CCO2)C1. The Bertz CT molecular complexity index is 227. The fourth-order valence-corrected chi connectivity index (χ4v) is 3.94. The predicted octanol–water partition coefficient (Wildman–Crippen LogP) is 1.58. The first-order valence-electron chi connectivity index (χ1n) is 6.93. The topological polar surface area (TPSA) is 24.5 Å². The van der Waals surface area contributed by atoms with Gasteiger partial charge in [0.2, 0.25) is 0 Å². The summed E-state index contributed by atoms with van der Waals surface area (Å²) in [6.07, 6.45) is 4.48. The summed E-state index contributed by atoms with van der Waals surface area (Å²) in [5.41, 5.74) is 0. The molecule has 3 unspecified atom stereocenters. The number of nitrogens with zero attached hydrogens (tertiary/aromatic N) is 1. The first-order valence-corrected chi connectivity index (χ1v) is 7.98. The maximum absolute atomic E-state index is 5.77. The normalized spacial score (nSPS) is 35.3. The zero-order chi connectivity index (χ0) is 12.1. The monoisotopic (exact) mass is 258 g/mol. The van der Waals surface area contributed by atoms with Crippen molar-refractivity contribution in [2.24, 2.45) is 0 Å². The predicted molar refractivity (Wildman–Crippen MR) is 74.8 cm³/mol. The van der Waals surface area contributed by atoms with Crippen LogP contribution in [0, 0.1) is 0 Å². The van der Waals surface area contributed by atoms with Gasteiger partial charge in [-0.3, -0.25) is 0 Å². The summed E-state index contributed by atoms with van der Waals surface area (Å²) in [6.45, 7) is 6.33. The van der Waals surface area contributed by atoms with Crippen molar-refractivity contribution in [2.45, 2.75) is 43.6 Å². The molecule has 1 heterocycles.